The minimum Gasteiger partial charge on any atom is -0.494 e. The number of ether oxygens (including phenoxy) is 1. The van der Waals surface area contributed by atoms with E-state index >= 15 is 0 Å². The van der Waals surface area contributed by atoms with E-state index < -0.39 is 0 Å². The highest BCUT2D eigenvalue weighted by Crippen LogP contribution is 2.39. The van der Waals surface area contributed by atoms with Crippen LogP contribution in [0.25, 0.3) is 10.2 Å². The van der Waals surface area contributed by atoms with Crippen molar-refractivity contribution in [3.8, 4) is 5.75 Å². The molecule has 0 saturated carbocycles. The highest BCUT2D eigenvalue weighted by atomic mass is 35.5. The summed E-state index contributed by atoms with van der Waals surface area (Å²) in [5.41, 5.74) is 3.49. The van der Waals surface area contributed by atoms with Crippen molar-refractivity contribution in [3.63, 3.8) is 0 Å². The van der Waals surface area contributed by atoms with Gasteiger partial charge in [0.25, 0.3) is 5.91 Å². The van der Waals surface area contributed by atoms with Gasteiger partial charge in [0.15, 0.2) is 5.13 Å². The summed E-state index contributed by atoms with van der Waals surface area (Å²) in [4.78, 5) is 22.1. The van der Waals surface area contributed by atoms with Gasteiger partial charge < -0.3 is 9.64 Å². The summed E-state index contributed by atoms with van der Waals surface area (Å²) in [6.45, 7) is 5.46. The lowest BCUT2D eigenvalue weighted by atomic mass is 10.1. The number of thiazole rings is 1. The molecule has 3 rings (SSSR count). The van der Waals surface area contributed by atoms with Crippen molar-refractivity contribution in [2.24, 2.45) is 0 Å². The lowest BCUT2D eigenvalue weighted by Gasteiger charge is -2.21. The van der Waals surface area contributed by atoms with Crippen LogP contribution in [0.15, 0.2) is 30.3 Å². The van der Waals surface area contributed by atoms with Crippen molar-refractivity contribution in [1.29, 1.82) is 0 Å². The third kappa shape index (κ3) is 4.89. The molecule has 1 amide bonds. The molecule has 7 heteroatoms. The number of anilines is 1. The van der Waals surface area contributed by atoms with Gasteiger partial charge in [-0.15, -0.1) is 0 Å². The second-order valence-electron chi connectivity index (χ2n) is 7.41. The average molecular weight is 432 g/mol. The van der Waals surface area contributed by atoms with Crippen molar-refractivity contribution >= 4 is 44.2 Å². The maximum Gasteiger partial charge on any atom is 0.260 e. The summed E-state index contributed by atoms with van der Waals surface area (Å²) in [5, 5.41) is 1.24. The van der Waals surface area contributed by atoms with Gasteiger partial charge in [-0.05, 0) is 65.2 Å². The van der Waals surface area contributed by atoms with Crippen LogP contribution in [-0.4, -0.2) is 50.1 Å². The first kappa shape index (κ1) is 21.6. The van der Waals surface area contributed by atoms with Crippen LogP contribution < -0.4 is 9.64 Å². The molecule has 0 unspecified atom stereocenters. The largest absolute Gasteiger partial charge is 0.494 e. The van der Waals surface area contributed by atoms with E-state index in [1.807, 2.05) is 40.1 Å². The first-order valence-corrected chi connectivity index (χ1v) is 10.7. The summed E-state index contributed by atoms with van der Waals surface area (Å²) in [7, 11) is 5.66. The summed E-state index contributed by atoms with van der Waals surface area (Å²) < 4.78 is 6.27. The quantitative estimate of drug-likeness (QED) is 0.517. The van der Waals surface area contributed by atoms with Crippen LogP contribution in [0.1, 0.15) is 27.9 Å². The second-order valence-corrected chi connectivity index (χ2v) is 8.80. The number of aromatic nitrogens is 1. The summed E-state index contributed by atoms with van der Waals surface area (Å²) in [6, 6.07) is 9.52. The molecule has 0 radical (unpaired) electrons. The highest BCUT2D eigenvalue weighted by Gasteiger charge is 2.23. The van der Waals surface area contributed by atoms with Crippen molar-refractivity contribution in [3.05, 3.63) is 52.0 Å². The molecule has 1 heterocycles. The lowest BCUT2D eigenvalue weighted by molar-refractivity contribution is 0.0986. The molecule has 0 bridgehead atoms. The van der Waals surface area contributed by atoms with Gasteiger partial charge in [-0.3, -0.25) is 9.69 Å². The molecule has 2 aromatic carbocycles. The van der Waals surface area contributed by atoms with Crippen LogP contribution in [0, 0.1) is 13.8 Å². The van der Waals surface area contributed by atoms with Crippen molar-refractivity contribution in [2.45, 2.75) is 20.3 Å². The van der Waals surface area contributed by atoms with E-state index in [-0.39, 0.29) is 5.91 Å². The number of benzene rings is 2. The number of carbonyl (C=O) groups is 1. The molecule has 5 nitrogen and oxygen atoms in total. The van der Waals surface area contributed by atoms with E-state index in [1.54, 1.807) is 24.1 Å². The number of halogens is 1. The Morgan fingerprint density at radius 1 is 1.14 bits per heavy atom. The Bertz CT molecular complexity index is 1010. The van der Waals surface area contributed by atoms with Gasteiger partial charge in [-0.25, -0.2) is 4.98 Å². The number of hydrogen-bond acceptors (Lipinski definition) is 5. The molecule has 0 fully saturated rings. The molecule has 0 aliphatic heterocycles. The average Bonchev–Trinajstić information content (AvgIpc) is 3.10. The van der Waals surface area contributed by atoms with Crippen LogP contribution in [0.3, 0.4) is 0 Å². The number of rotatable bonds is 7. The fourth-order valence-corrected chi connectivity index (χ4v) is 4.59. The third-order valence-corrected chi connectivity index (χ3v) is 6.14. The van der Waals surface area contributed by atoms with Crippen LogP contribution in [-0.2, 0) is 0 Å². The summed E-state index contributed by atoms with van der Waals surface area (Å²) in [6.07, 6.45) is 0.838. The van der Waals surface area contributed by atoms with Crippen LogP contribution >= 0.6 is 22.9 Å². The molecule has 0 atom stereocenters. The molecule has 154 valence electrons. The van der Waals surface area contributed by atoms with E-state index in [0.717, 1.165) is 28.8 Å². The van der Waals surface area contributed by atoms with Crippen LogP contribution in [0.2, 0.25) is 5.02 Å². The Kier molecular flexibility index (Phi) is 6.77. The number of carbonyl (C=O) groups excluding carboxylic acids is 1. The predicted molar refractivity (Wildman–Crippen MR) is 122 cm³/mol. The molecular weight excluding hydrogens is 406 g/mol. The molecule has 0 spiro atoms. The van der Waals surface area contributed by atoms with E-state index in [1.165, 1.54) is 11.3 Å². The molecule has 0 aliphatic rings. The maximum absolute atomic E-state index is 13.5. The number of amides is 1. The summed E-state index contributed by atoms with van der Waals surface area (Å²) >= 11 is 7.81. The van der Waals surface area contributed by atoms with E-state index in [9.17, 15) is 4.79 Å². The molecule has 1 aromatic heterocycles. The highest BCUT2D eigenvalue weighted by molar-refractivity contribution is 7.23. The zero-order valence-corrected chi connectivity index (χ0v) is 19.0. The monoisotopic (exact) mass is 431 g/mol. The van der Waals surface area contributed by atoms with Crippen molar-refractivity contribution < 1.29 is 9.53 Å². The van der Waals surface area contributed by atoms with Crippen molar-refractivity contribution in [1.82, 2.24) is 9.88 Å². The molecule has 0 N–H and O–H groups in total. The van der Waals surface area contributed by atoms with Crippen LogP contribution in [0.5, 0.6) is 5.75 Å². The van der Waals surface area contributed by atoms with E-state index in [0.29, 0.717) is 33.5 Å². The van der Waals surface area contributed by atoms with Gasteiger partial charge in [0.1, 0.15) is 11.3 Å². The number of aryl methyl sites for hydroxylation is 2. The minimum atomic E-state index is -0.0512. The summed E-state index contributed by atoms with van der Waals surface area (Å²) in [5.74, 6) is 0.601. The molecular formula is C22H26ClN3O2S. The zero-order valence-electron chi connectivity index (χ0n) is 17.5. The van der Waals surface area contributed by atoms with Gasteiger partial charge in [-0.1, -0.05) is 40.1 Å². The SMILES string of the molecule is COc1ccc(Cl)c2sc(N(CCCN(C)C)C(=O)c3cc(C)cc(C)c3)nc12. The normalized spacial score (nSPS) is 11.3. The Morgan fingerprint density at radius 3 is 2.45 bits per heavy atom. The third-order valence-electron chi connectivity index (χ3n) is 4.60. The van der Waals surface area contributed by atoms with Gasteiger partial charge in [0.05, 0.1) is 16.8 Å². The zero-order chi connectivity index (χ0) is 21.1. The molecule has 3 aromatic rings. The van der Waals surface area contributed by atoms with Crippen molar-refractivity contribution in [2.75, 3.05) is 39.2 Å². The lowest BCUT2D eigenvalue weighted by Crippen LogP contribution is -2.33. The first-order chi connectivity index (χ1) is 13.8. The van der Waals surface area contributed by atoms with Crippen LogP contribution in [0.4, 0.5) is 5.13 Å². The molecule has 0 saturated heterocycles. The Balaban J connectivity index is 2.04. The smallest absolute Gasteiger partial charge is 0.260 e. The number of nitrogens with zero attached hydrogens (tertiary/aromatic N) is 3. The van der Waals surface area contributed by atoms with Gasteiger partial charge in [-0.2, -0.15) is 0 Å². The standard InChI is InChI=1S/C22H26ClN3O2S/c1-14-11-15(2)13-16(12-14)21(27)26(10-6-9-25(3)4)22-24-19-18(28-5)8-7-17(23)20(19)29-22/h7-8,11-13H,6,9-10H2,1-5H3. The van der Waals surface area contributed by atoms with Gasteiger partial charge >= 0.3 is 0 Å². The second kappa shape index (κ2) is 9.11. The molecule has 29 heavy (non-hydrogen) atoms. The number of methoxy groups -OCH3 is 1. The Morgan fingerprint density at radius 2 is 1.83 bits per heavy atom. The Labute approximate surface area is 180 Å². The fourth-order valence-electron chi connectivity index (χ4n) is 3.30. The Hall–Kier alpha value is -2.15. The number of fused-ring (bicyclic) bond motifs is 1. The molecule has 0 aliphatic carbocycles. The van der Waals surface area contributed by atoms with Gasteiger partial charge in [0.2, 0.25) is 0 Å². The first-order valence-electron chi connectivity index (χ1n) is 9.48. The maximum atomic E-state index is 13.5. The topological polar surface area (TPSA) is 45.7 Å². The fraction of sp³-hybridized carbons (Fsp3) is 0.364. The van der Waals surface area contributed by atoms with Gasteiger partial charge in [0, 0.05) is 12.1 Å². The van der Waals surface area contributed by atoms with E-state index in [4.69, 9.17) is 21.3 Å². The number of hydrogen-bond donors (Lipinski definition) is 0. The minimum absolute atomic E-state index is 0.0512. The van der Waals surface area contributed by atoms with E-state index in [2.05, 4.69) is 11.0 Å². The predicted octanol–water partition coefficient (Wildman–Crippen LogP) is 5.17.